The van der Waals surface area contributed by atoms with Crippen molar-refractivity contribution in [2.45, 2.75) is 31.0 Å². The molecule has 0 aromatic heterocycles. The number of carbonyl (C=O) groups is 1. The van der Waals surface area contributed by atoms with E-state index in [9.17, 15) is 18.0 Å². The fourth-order valence-electron chi connectivity index (χ4n) is 4.95. The number of para-hydroxylation sites is 2. The molecule has 186 valence electrons. The molecule has 2 atom stereocenters. The number of ketones is 1. The van der Waals surface area contributed by atoms with Crippen molar-refractivity contribution in [3.8, 4) is 11.5 Å². The van der Waals surface area contributed by atoms with Gasteiger partial charge in [0.05, 0.1) is 37.2 Å². The van der Waals surface area contributed by atoms with E-state index in [0.717, 1.165) is 34.8 Å². The first-order valence-corrected chi connectivity index (χ1v) is 11.6. The Balaban J connectivity index is 1.56. The van der Waals surface area contributed by atoms with Crippen molar-refractivity contribution in [1.82, 2.24) is 0 Å². The van der Waals surface area contributed by atoms with E-state index in [-0.39, 0.29) is 18.1 Å². The maximum atomic E-state index is 13.6. The van der Waals surface area contributed by atoms with E-state index in [4.69, 9.17) is 9.47 Å². The molecule has 1 aliphatic carbocycles. The van der Waals surface area contributed by atoms with Crippen LogP contribution in [0.5, 0.6) is 11.5 Å². The maximum Gasteiger partial charge on any atom is 0.416 e. The number of Topliss-reactive ketones (excluding diaryl/α,β-unsaturated/α-hetero) is 1. The first-order valence-electron chi connectivity index (χ1n) is 11.6. The van der Waals surface area contributed by atoms with Crippen LogP contribution in [0.4, 0.5) is 24.5 Å². The van der Waals surface area contributed by atoms with Crippen molar-refractivity contribution in [1.29, 1.82) is 0 Å². The van der Waals surface area contributed by atoms with E-state index < -0.39 is 17.8 Å². The van der Waals surface area contributed by atoms with Crippen molar-refractivity contribution in [2.75, 3.05) is 24.9 Å². The average molecular weight is 495 g/mol. The number of carbonyl (C=O) groups excluding carboxylic acids is 1. The Morgan fingerprint density at radius 3 is 2.17 bits per heavy atom. The van der Waals surface area contributed by atoms with Gasteiger partial charge in [0.2, 0.25) is 0 Å². The summed E-state index contributed by atoms with van der Waals surface area (Å²) >= 11 is 0. The Morgan fingerprint density at radius 2 is 1.50 bits per heavy atom. The van der Waals surface area contributed by atoms with Gasteiger partial charge in [0, 0.05) is 17.7 Å². The second-order valence-electron chi connectivity index (χ2n) is 8.90. The van der Waals surface area contributed by atoms with E-state index in [2.05, 4.69) is 10.6 Å². The number of hydrogen-bond acceptors (Lipinski definition) is 5. The Morgan fingerprint density at radius 1 is 0.833 bits per heavy atom. The highest BCUT2D eigenvalue weighted by atomic mass is 19.4. The zero-order valence-corrected chi connectivity index (χ0v) is 19.8. The molecule has 2 N–H and O–H groups in total. The number of methoxy groups -OCH3 is 2. The molecule has 36 heavy (non-hydrogen) atoms. The summed E-state index contributed by atoms with van der Waals surface area (Å²) in [5, 5.41) is 6.83. The summed E-state index contributed by atoms with van der Waals surface area (Å²) < 4.78 is 50.3. The summed E-state index contributed by atoms with van der Waals surface area (Å²) in [5.41, 5.74) is 3.69. The minimum absolute atomic E-state index is 0.0614. The molecule has 1 aliphatic heterocycles. The van der Waals surface area contributed by atoms with Crippen LogP contribution in [0.1, 0.15) is 41.5 Å². The van der Waals surface area contributed by atoms with Gasteiger partial charge >= 0.3 is 6.18 Å². The van der Waals surface area contributed by atoms with Crippen molar-refractivity contribution >= 4 is 17.2 Å². The van der Waals surface area contributed by atoms with Gasteiger partial charge in [-0.15, -0.1) is 0 Å². The predicted octanol–water partition coefficient (Wildman–Crippen LogP) is 6.70. The van der Waals surface area contributed by atoms with E-state index >= 15 is 0 Å². The van der Waals surface area contributed by atoms with Crippen LogP contribution in [0.25, 0.3) is 0 Å². The van der Waals surface area contributed by atoms with Gasteiger partial charge in [-0.25, -0.2) is 0 Å². The van der Waals surface area contributed by atoms with Gasteiger partial charge in [0.15, 0.2) is 17.3 Å². The topological polar surface area (TPSA) is 59.6 Å². The highest BCUT2D eigenvalue weighted by Gasteiger charge is 2.37. The zero-order valence-electron chi connectivity index (χ0n) is 19.8. The molecule has 0 bridgehead atoms. The number of fused-ring (bicyclic) bond motifs is 1. The Labute approximate surface area is 206 Å². The molecule has 0 radical (unpaired) electrons. The lowest BCUT2D eigenvalue weighted by atomic mass is 9.78. The number of rotatable bonds is 4. The van der Waals surface area contributed by atoms with Crippen LogP contribution in [0.15, 0.2) is 78.0 Å². The van der Waals surface area contributed by atoms with Crippen LogP contribution in [-0.2, 0) is 11.0 Å². The first-order chi connectivity index (χ1) is 17.3. The molecule has 2 aliphatic rings. The molecule has 0 fully saturated rings. The fraction of sp³-hybridized carbons (Fsp3) is 0.250. The quantitative estimate of drug-likeness (QED) is 0.423. The molecule has 5 rings (SSSR count). The molecule has 3 aromatic carbocycles. The molecule has 1 heterocycles. The third kappa shape index (κ3) is 4.39. The Bertz CT molecular complexity index is 1330. The minimum Gasteiger partial charge on any atom is -0.493 e. The minimum atomic E-state index is -4.43. The molecule has 0 saturated carbocycles. The monoisotopic (exact) mass is 494 g/mol. The fourth-order valence-corrected chi connectivity index (χ4v) is 4.95. The number of alkyl halides is 3. The van der Waals surface area contributed by atoms with E-state index in [0.29, 0.717) is 29.1 Å². The standard InChI is InChI=1S/C28H25F3N2O3/c1-35-24-12-9-17(15-25(24)36-2)18-13-22-26(23(34)14-18)27(33-21-6-4-3-5-20(21)32-22)16-7-10-19(11-8-16)28(29,30)31/h3-12,15,18,27,32-33H,13-14H2,1-2H3/t18-,27-/m1/s1. The SMILES string of the molecule is COc1ccc([C@H]2CC(=O)C3=C(C2)Nc2ccccc2N[C@@H]3c2ccc(C(F)(F)F)cc2)cc1OC. The molecular weight excluding hydrogens is 469 g/mol. The highest BCUT2D eigenvalue weighted by Crippen LogP contribution is 2.45. The van der Waals surface area contributed by atoms with Crippen LogP contribution in [0.3, 0.4) is 0 Å². The molecule has 0 saturated heterocycles. The third-order valence-electron chi connectivity index (χ3n) is 6.76. The van der Waals surface area contributed by atoms with Crippen LogP contribution in [0, 0.1) is 0 Å². The number of allylic oxidation sites excluding steroid dienone is 1. The lowest BCUT2D eigenvalue weighted by molar-refractivity contribution is -0.137. The third-order valence-corrected chi connectivity index (χ3v) is 6.76. The molecule has 0 unspecified atom stereocenters. The van der Waals surface area contributed by atoms with Gasteiger partial charge in [-0.2, -0.15) is 13.2 Å². The van der Waals surface area contributed by atoms with E-state index in [1.807, 2.05) is 42.5 Å². The van der Waals surface area contributed by atoms with Crippen molar-refractivity contribution in [2.24, 2.45) is 0 Å². The summed E-state index contributed by atoms with van der Waals surface area (Å²) in [7, 11) is 3.14. The summed E-state index contributed by atoms with van der Waals surface area (Å²) in [5.74, 6) is 1.04. The Kier molecular flexibility index (Phi) is 6.12. The molecule has 8 heteroatoms. The zero-order chi connectivity index (χ0) is 25.4. The number of benzene rings is 3. The number of ether oxygens (including phenoxy) is 2. The van der Waals surface area contributed by atoms with Gasteiger partial charge in [0.25, 0.3) is 0 Å². The molecule has 0 amide bonds. The molecule has 3 aromatic rings. The largest absolute Gasteiger partial charge is 0.493 e. The summed E-state index contributed by atoms with van der Waals surface area (Å²) in [6, 6.07) is 17.6. The highest BCUT2D eigenvalue weighted by molar-refractivity contribution is 6.01. The van der Waals surface area contributed by atoms with E-state index in [1.165, 1.54) is 12.1 Å². The van der Waals surface area contributed by atoms with Crippen LogP contribution in [0.2, 0.25) is 0 Å². The lowest BCUT2D eigenvalue weighted by Crippen LogP contribution is -2.27. The van der Waals surface area contributed by atoms with Crippen molar-refractivity contribution in [3.63, 3.8) is 0 Å². The smallest absolute Gasteiger partial charge is 0.416 e. The molecule has 5 nitrogen and oxygen atoms in total. The van der Waals surface area contributed by atoms with Crippen LogP contribution in [-0.4, -0.2) is 20.0 Å². The number of nitrogens with one attached hydrogen (secondary N) is 2. The predicted molar refractivity (Wildman–Crippen MR) is 131 cm³/mol. The second-order valence-corrected chi connectivity index (χ2v) is 8.90. The van der Waals surface area contributed by atoms with Gasteiger partial charge in [0.1, 0.15) is 0 Å². The molecule has 0 spiro atoms. The summed E-state index contributed by atoms with van der Waals surface area (Å²) in [4.78, 5) is 13.6. The summed E-state index contributed by atoms with van der Waals surface area (Å²) in [6.07, 6.45) is -3.60. The normalized spacial score (nSPS) is 19.4. The van der Waals surface area contributed by atoms with E-state index in [1.54, 1.807) is 14.2 Å². The number of anilines is 2. The molecular formula is C28H25F3N2O3. The number of hydrogen-bond donors (Lipinski definition) is 2. The van der Waals surface area contributed by atoms with Gasteiger partial charge in [-0.05, 0) is 59.9 Å². The van der Waals surface area contributed by atoms with Crippen molar-refractivity contribution < 1.29 is 27.4 Å². The van der Waals surface area contributed by atoms with Crippen LogP contribution >= 0.6 is 0 Å². The lowest BCUT2D eigenvalue weighted by Gasteiger charge is -2.30. The van der Waals surface area contributed by atoms with Crippen LogP contribution < -0.4 is 20.1 Å². The Hall–Kier alpha value is -3.94. The first kappa shape index (κ1) is 23.8. The van der Waals surface area contributed by atoms with Gasteiger partial charge in [-0.1, -0.05) is 30.3 Å². The second kappa shape index (κ2) is 9.26. The maximum absolute atomic E-state index is 13.6. The number of halogens is 3. The average Bonchev–Trinajstić information content (AvgIpc) is 3.04. The van der Waals surface area contributed by atoms with Gasteiger partial charge < -0.3 is 20.1 Å². The summed E-state index contributed by atoms with van der Waals surface area (Å²) in [6.45, 7) is 0. The van der Waals surface area contributed by atoms with Crippen molar-refractivity contribution in [3.05, 3.63) is 94.7 Å². The van der Waals surface area contributed by atoms with Gasteiger partial charge in [-0.3, -0.25) is 4.79 Å².